The molecule has 2 saturated heterocycles. The largest absolute Gasteiger partial charge is 0.377 e. The summed E-state index contributed by atoms with van der Waals surface area (Å²) in [5.74, 6) is 0.0155. The average molecular weight is 377 g/mol. The van der Waals surface area contributed by atoms with E-state index in [1.54, 1.807) is 7.11 Å². The Kier molecular flexibility index (Phi) is 5.55. The Labute approximate surface area is 160 Å². The number of carbonyl (C=O) groups excluding carboxylic acids is 1. The third-order valence-corrected chi connectivity index (χ3v) is 6.32. The van der Waals surface area contributed by atoms with Crippen molar-refractivity contribution in [3.63, 3.8) is 0 Å². The standard InChI is InChI=1S/C20H31N3O4/c1-22-7-4-15(9-22)10-23-11-16(27-14-20(23)5-3-6-20)8-19(24)21-17-12-26-13-18(17)25-2/h4,7,9,16-18H,3,5-6,8,10-14H2,1-2H3,(H,21,24)/t16?,17-,18+/m0/s1. The number of nitrogens with zero attached hydrogens (tertiary/aromatic N) is 2. The van der Waals surface area contributed by atoms with Crippen molar-refractivity contribution in [2.45, 2.75) is 56.0 Å². The highest BCUT2D eigenvalue weighted by Gasteiger charge is 2.47. The SMILES string of the molecule is CO[C@@H]1COC[C@@H]1NC(=O)CC1CN(Cc2ccn(C)c2)C2(CCC2)CO1. The van der Waals surface area contributed by atoms with Crippen LogP contribution in [0.15, 0.2) is 18.5 Å². The second-order valence-corrected chi connectivity index (χ2v) is 8.27. The first kappa shape index (κ1) is 18.9. The Hall–Kier alpha value is -1.41. The molecule has 0 aromatic carbocycles. The molecule has 150 valence electrons. The monoisotopic (exact) mass is 377 g/mol. The minimum absolute atomic E-state index is 0.0155. The van der Waals surface area contributed by atoms with E-state index in [-0.39, 0.29) is 29.7 Å². The zero-order chi connectivity index (χ0) is 18.9. The Morgan fingerprint density at radius 1 is 1.41 bits per heavy atom. The predicted octanol–water partition coefficient (Wildman–Crippen LogP) is 1.07. The molecule has 3 fully saturated rings. The summed E-state index contributed by atoms with van der Waals surface area (Å²) in [6, 6.07) is 2.11. The Bertz CT molecular complexity index is 657. The minimum atomic E-state index is -0.0664. The summed E-state index contributed by atoms with van der Waals surface area (Å²) in [4.78, 5) is 15.1. The second kappa shape index (κ2) is 7.91. The molecule has 7 heteroatoms. The molecule has 1 spiro atoms. The molecule has 1 N–H and O–H groups in total. The van der Waals surface area contributed by atoms with Gasteiger partial charge in [0, 0.05) is 45.2 Å². The summed E-state index contributed by atoms with van der Waals surface area (Å²) >= 11 is 0. The number of nitrogens with one attached hydrogen (secondary N) is 1. The first-order valence-corrected chi connectivity index (χ1v) is 9.95. The van der Waals surface area contributed by atoms with E-state index in [2.05, 4.69) is 40.3 Å². The van der Waals surface area contributed by atoms with Crippen molar-refractivity contribution in [1.82, 2.24) is 14.8 Å². The van der Waals surface area contributed by atoms with E-state index in [0.29, 0.717) is 19.6 Å². The molecule has 2 aliphatic heterocycles. The molecule has 0 radical (unpaired) electrons. The fourth-order valence-corrected chi connectivity index (χ4v) is 4.51. The Morgan fingerprint density at radius 2 is 2.26 bits per heavy atom. The molecule has 1 aromatic rings. The quantitative estimate of drug-likeness (QED) is 0.803. The lowest BCUT2D eigenvalue weighted by atomic mass is 9.74. The average Bonchev–Trinajstić information content (AvgIpc) is 3.22. The molecular formula is C20H31N3O4. The summed E-state index contributed by atoms with van der Waals surface area (Å²) in [6.45, 7) is 3.50. The highest BCUT2D eigenvalue weighted by atomic mass is 16.5. The van der Waals surface area contributed by atoms with Gasteiger partial charge in [-0.05, 0) is 30.9 Å². The number of morpholine rings is 1. The van der Waals surface area contributed by atoms with Crippen LogP contribution in [-0.2, 0) is 32.6 Å². The zero-order valence-electron chi connectivity index (χ0n) is 16.4. The van der Waals surface area contributed by atoms with Gasteiger partial charge in [0.1, 0.15) is 6.10 Å². The van der Waals surface area contributed by atoms with Crippen LogP contribution in [0.4, 0.5) is 0 Å². The first-order chi connectivity index (χ1) is 13.1. The molecule has 4 rings (SSSR count). The van der Waals surface area contributed by atoms with Crippen LogP contribution < -0.4 is 5.32 Å². The molecule has 0 bridgehead atoms. The fraction of sp³-hybridized carbons (Fsp3) is 0.750. The van der Waals surface area contributed by atoms with Crippen LogP contribution in [0.3, 0.4) is 0 Å². The summed E-state index contributed by atoms with van der Waals surface area (Å²) in [5, 5.41) is 3.05. The number of carbonyl (C=O) groups is 1. The molecule has 7 nitrogen and oxygen atoms in total. The van der Waals surface area contributed by atoms with E-state index < -0.39 is 0 Å². The van der Waals surface area contributed by atoms with Crippen molar-refractivity contribution in [3.05, 3.63) is 24.0 Å². The topological polar surface area (TPSA) is 65.0 Å². The lowest BCUT2D eigenvalue weighted by molar-refractivity contribution is -0.154. The summed E-state index contributed by atoms with van der Waals surface area (Å²) < 4.78 is 19.0. The van der Waals surface area contributed by atoms with Crippen molar-refractivity contribution in [1.29, 1.82) is 0 Å². The lowest BCUT2D eigenvalue weighted by Crippen LogP contribution is -2.63. The molecule has 27 heavy (non-hydrogen) atoms. The van der Waals surface area contributed by atoms with Crippen molar-refractivity contribution in [3.8, 4) is 0 Å². The Balaban J connectivity index is 1.34. The van der Waals surface area contributed by atoms with Gasteiger partial charge in [0.05, 0.1) is 38.4 Å². The van der Waals surface area contributed by atoms with E-state index >= 15 is 0 Å². The van der Waals surface area contributed by atoms with Crippen molar-refractivity contribution in [2.75, 3.05) is 33.5 Å². The summed E-state index contributed by atoms with van der Waals surface area (Å²) in [5.41, 5.74) is 1.49. The predicted molar refractivity (Wildman–Crippen MR) is 100 cm³/mol. The van der Waals surface area contributed by atoms with E-state index in [1.165, 1.54) is 24.8 Å². The van der Waals surface area contributed by atoms with Crippen molar-refractivity contribution < 1.29 is 19.0 Å². The van der Waals surface area contributed by atoms with E-state index in [1.807, 2.05) is 0 Å². The maximum Gasteiger partial charge on any atom is 0.223 e. The molecule has 3 heterocycles. The number of aryl methyl sites for hydroxylation is 1. The maximum atomic E-state index is 12.5. The fourth-order valence-electron chi connectivity index (χ4n) is 4.51. The minimum Gasteiger partial charge on any atom is -0.377 e. The normalized spacial score (nSPS) is 30.4. The van der Waals surface area contributed by atoms with Crippen LogP contribution in [0.5, 0.6) is 0 Å². The molecular weight excluding hydrogens is 346 g/mol. The van der Waals surface area contributed by atoms with Crippen LogP contribution in [-0.4, -0.2) is 72.6 Å². The number of rotatable bonds is 6. The van der Waals surface area contributed by atoms with Gasteiger partial charge in [-0.15, -0.1) is 0 Å². The zero-order valence-corrected chi connectivity index (χ0v) is 16.4. The van der Waals surface area contributed by atoms with Crippen LogP contribution in [0.25, 0.3) is 0 Å². The summed E-state index contributed by atoms with van der Waals surface area (Å²) in [6.07, 6.45) is 8.16. The van der Waals surface area contributed by atoms with Crippen molar-refractivity contribution >= 4 is 5.91 Å². The number of amides is 1. The molecule has 1 saturated carbocycles. The van der Waals surface area contributed by atoms with Gasteiger partial charge in [0.15, 0.2) is 0 Å². The molecule has 1 aliphatic carbocycles. The van der Waals surface area contributed by atoms with Crippen molar-refractivity contribution in [2.24, 2.45) is 7.05 Å². The van der Waals surface area contributed by atoms with Gasteiger partial charge in [-0.1, -0.05) is 0 Å². The number of methoxy groups -OCH3 is 1. The molecule has 1 aromatic heterocycles. The van der Waals surface area contributed by atoms with Gasteiger partial charge in [-0.25, -0.2) is 0 Å². The van der Waals surface area contributed by atoms with Gasteiger partial charge in [-0.2, -0.15) is 0 Å². The van der Waals surface area contributed by atoms with Crippen LogP contribution >= 0.6 is 0 Å². The van der Waals surface area contributed by atoms with E-state index in [4.69, 9.17) is 14.2 Å². The number of aromatic nitrogens is 1. The smallest absolute Gasteiger partial charge is 0.223 e. The third kappa shape index (κ3) is 4.06. The number of ether oxygens (including phenoxy) is 3. The number of hydrogen-bond acceptors (Lipinski definition) is 5. The Morgan fingerprint density at radius 3 is 2.93 bits per heavy atom. The van der Waals surface area contributed by atoms with Crippen LogP contribution in [0.1, 0.15) is 31.2 Å². The van der Waals surface area contributed by atoms with Gasteiger partial charge in [0.2, 0.25) is 5.91 Å². The van der Waals surface area contributed by atoms with Gasteiger partial charge in [-0.3, -0.25) is 9.69 Å². The maximum absolute atomic E-state index is 12.5. The first-order valence-electron chi connectivity index (χ1n) is 9.95. The van der Waals surface area contributed by atoms with E-state index in [0.717, 1.165) is 19.7 Å². The summed E-state index contributed by atoms with van der Waals surface area (Å²) in [7, 11) is 3.71. The van der Waals surface area contributed by atoms with Crippen LogP contribution in [0, 0.1) is 0 Å². The molecule has 1 unspecified atom stereocenters. The molecule has 3 aliphatic rings. The highest BCUT2D eigenvalue weighted by Crippen LogP contribution is 2.41. The lowest BCUT2D eigenvalue weighted by Gasteiger charge is -2.54. The van der Waals surface area contributed by atoms with Gasteiger partial charge < -0.3 is 24.1 Å². The van der Waals surface area contributed by atoms with E-state index in [9.17, 15) is 4.79 Å². The van der Waals surface area contributed by atoms with Crippen LogP contribution in [0.2, 0.25) is 0 Å². The highest BCUT2D eigenvalue weighted by molar-refractivity contribution is 5.77. The third-order valence-electron chi connectivity index (χ3n) is 6.32. The second-order valence-electron chi connectivity index (χ2n) is 8.27. The number of hydrogen-bond donors (Lipinski definition) is 1. The molecule has 1 amide bonds. The van der Waals surface area contributed by atoms with Gasteiger partial charge in [0.25, 0.3) is 0 Å². The van der Waals surface area contributed by atoms with Gasteiger partial charge >= 0.3 is 0 Å². The molecule has 3 atom stereocenters.